The van der Waals surface area contributed by atoms with E-state index in [1.807, 2.05) is 0 Å². The summed E-state index contributed by atoms with van der Waals surface area (Å²) in [6.07, 6.45) is -1.42. The lowest BCUT2D eigenvalue weighted by Crippen LogP contribution is -2.46. The lowest BCUT2D eigenvalue weighted by molar-refractivity contribution is -0.156. The first-order valence-corrected chi connectivity index (χ1v) is 3.87. The number of carbonyl (C=O) groups is 2. The fraction of sp³-hybridized carbons (Fsp3) is 0.714. The first-order valence-electron chi connectivity index (χ1n) is 3.87. The van der Waals surface area contributed by atoms with E-state index in [9.17, 15) is 9.59 Å². The van der Waals surface area contributed by atoms with Gasteiger partial charge in [-0.15, -0.1) is 0 Å². The maximum atomic E-state index is 11.1. The molecule has 1 unspecified atom stereocenters. The maximum Gasteiger partial charge on any atom is 0.325 e. The van der Waals surface area contributed by atoms with Crippen LogP contribution in [0.25, 0.3) is 0 Å². The molecule has 0 bridgehead atoms. The number of esters is 1. The third kappa shape index (κ3) is 3.86. The van der Waals surface area contributed by atoms with Crippen molar-refractivity contribution in [2.45, 2.75) is 26.1 Å². The van der Waals surface area contributed by atoms with Crippen LogP contribution in [-0.4, -0.2) is 24.1 Å². The van der Waals surface area contributed by atoms with Crippen molar-refractivity contribution in [3.63, 3.8) is 0 Å². The number of rotatable bonds is 4. The van der Waals surface area contributed by atoms with Gasteiger partial charge >= 0.3 is 5.97 Å². The Balaban J connectivity index is 4.08. The van der Waals surface area contributed by atoms with Gasteiger partial charge in [-0.25, -0.2) is 0 Å². The minimum atomic E-state index is -1.42. The van der Waals surface area contributed by atoms with Gasteiger partial charge in [0.05, 0.1) is 0 Å². The first-order chi connectivity index (χ1) is 5.86. The summed E-state index contributed by atoms with van der Waals surface area (Å²) in [6.45, 7) is 3.50. The number of hydrogen-bond acceptors (Lipinski definition) is 5. The molecule has 0 aromatic heterocycles. The van der Waals surface area contributed by atoms with Gasteiger partial charge in [0.1, 0.15) is 6.04 Å². The second-order valence-electron chi connectivity index (χ2n) is 3.03. The van der Waals surface area contributed by atoms with E-state index >= 15 is 0 Å². The van der Waals surface area contributed by atoms with Gasteiger partial charge in [0.15, 0.2) is 0 Å². The molecule has 0 heterocycles. The number of amides is 1. The highest BCUT2D eigenvalue weighted by atomic mass is 16.6. The van der Waals surface area contributed by atoms with Crippen LogP contribution in [0.15, 0.2) is 0 Å². The third-order valence-corrected chi connectivity index (χ3v) is 1.51. The average Bonchev–Trinajstić information content (AvgIpc) is 2.02. The molecule has 6 N–H and O–H groups in total. The van der Waals surface area contributed by atoms with Crippen molar-refractivity contribution in [3.05, 3.63) is 0 Å². The Hall–Kier alpha value is -1.14. The highest BCUT2D eigenvalue weighted by molar-refractivity contribution is 5.83. The van der Waals surface area contributed by atoms with Gasteiger partial charge in [-0.2, -0.15) is 0 Å². The van der Waals surface area contributed by atoms with Gasteiger partial charge in [0.2, 0.25) is 6.23 Å². The molecule has 1 amide bonds. The molecule has 6 heteroatoms. The summed E-state index contributed by atoms with van der Waals surface area (Å²) >= 11 is 0. The molecule has 6 nitrogen and oxygen atoms in total. The van der Waals surface area contributed by atoms with Crippen LogP contribution >= 0.6 is 0 Å². The Morgan fingerprint density at radius 1 is 1.23 bits per heavy atom. The van der Waals surface area contributed by atoms with Crippen molar-refractivity contribution in [2.75, 3.05) is 0 Å². The van der Waals surface area contributed by atoms with Gasteiger partial charge in [-0.3, -0.25) is 15.3 Å². The van der Waals surface area contributed by atoms with Crippen molar-refractivity contribution >= 4 is 11.9 Å². The Morgan fingerprint density at radius 3 is 2.00 bits per heavy atom. The smallest absolute Gasteiger partial charge is 0.325 e. The predicted octanol–water partition coefficient (Wildman–Crippen LogP) is -1.72. The molecule has 0 aliphatic carbocycles. The van der Waals surface area contributed by atoms with Crippen LogP contribution < -0.4 is 17.2 Å². The number of hydrogen-bond donors (Lipinski definition) is 3. The van der Waals surface area contributed by atoms with Gasteiger partial charge < -0.3 is 16.2 Å². The molecular weight excluding hydrogens is 174 g/mol. The fourth-order valence-corrected chi connectivity index (χ4v) is 0.534. The van der Waals surface area contributed by atoms with Crippen LogP contribution in [0, 0.1) is 5.92 Å². The predicted molar refractivity (Wildman–Crippen MR) is 46.1 cm³/mol. The van der Waals surface area contributed by atoms with Crippen LogP contribution in [0.3, 0.4) is 0 Å². The molecule has 13 heavy (non-hydrogen) atoms. The topological polar surface area (TPSA) is 121 Å². The molecule has 2 atom stereocenters. The molecule has 0 aliphatic rings. The van der Waals surface area contributed by atoms with Crippen molar-refractivity contribution in [1.29, 1.82) is 0 Å². The van der Waals surface area contributed by atoms with Crippen LogP contribution in [-0.2, 0) is 14.3 Å². The minimum absolute atomic E-state index is 0.0763. The summed E-state index contributed by atoms with van der Waals surface area (Å²) in [5.41, 5.74) is 15.3. The van der Waals surface area contributed by atoms with Crippen molar-refractivity contribution in [3.8, 4) is 0 Å². The monoisotopic (exact) mass is 189 g/mol. The minimum Gasteiger partial charge on any atom is -0.436 e. The molecule has 0 aromatic carbocycles. The van der Waals surface area contributed by atoms with Gasteiger partial charge in [0.25, 0.3) is 5.91 Å². The number of ether oxygens (including phenoxy) is 1. The molecule has 0 saturated carbocycles. The van der Waals surface area contributed by atoms with Crippen molar-refractivity contribution in [2.24, 2.45) is 23.1 Å². The lowest BCUT2D eigenvalue weighted by Gasteiger charge is -2.16. The molecule has 76 valence electrons. The molecule has 0 rings (SSSR count). The van der Waals surface area contributed by atoms with E-state index in [-0.39, 0.29) is 5.92 Å². The SMILES string of the molecule is CC(C)[C@H](N)C(=O)OC(N)C(N)=O. The average molecular weight is 189 g/mol. The molecular formula is C7H15N3O3. The fourth-order valence-electron chi connectivity index (χ4n) is 0.534. The molecule has 0 aliphatic heterocycles. The van der Waals surface area contributed by atoms with E-state index in [4.69, 9.17) is 17.2 Å². The second kappa shape index (κ2) is 4.78. The van der Waals surface area contributed by atoms with E-state index in [0.717, 1.165) is 0 Å². The van der Waals surface area contributed by atoms with Crippen molar-refractivity contribution in [1.82, 2.24) is 0 Å². The number of primary amides is 1. The highest BCUT2D eigenvalue weighted by Gasteiger charge is 2.23. The van der Waals surface area contributed by atoms with E-state index in [1.165, 1.54) is 0 Å². The maximum absolute atomic E-state index is 11.1. The van der Waals surface area contributed by atoms with Crippen LogP contribution in [0.5, 0.6) is 0 Å². The second-order valence-corrected chi connectivity index (χ2v) is 3.03. The lowest BCUT2D eigenvalue weighted by atomic mass is 10.1. The van der Waals surface area contributed by atoms with Gasteiger partial charge in [-0.1, -0.05) is 13.8 Å². The summed E-state index contributed by atoms with van der Waals surface area (Å²) in [7, 11) is 0. The van der Waals surface area contributed by atoms with Crippen molar-refractivity contribution < 1.29 is 14.3 Å². The summed E-state index contributed by atoms with van der Waals surface area (Å²) < 4.78 is 4.47. The quantitative estimate of drug-likeness (QED) is 0.359. The molecule has 0 aromatic rings. The van der Waals surface area contributed by atoms with Gasteiger partial charge in [0, 0.05) is 0 Å². The van der Waals surface area contributed by atoms with E-state index in [0.29, 0.717) is 0 Å². The Kier molecular flexibility index (Phi) is 4.36. The molecule has 0 spiro atoms. The summed E-state index contributed by atoms with van der Waals surface area (Å²) in [6, 6.07) is -0.787. The first kappa shape index (κ1) is 11.9. The zero-order chi connectivity index (χ0) is 10.6. The van der Waals surface area contributed by atoms with E-state index < -0.39 is 24.1 Å². The highest BCUT2D eigenvalue weighted by Crippen LogP contribution is 2.01. The van der Waals surface area contributed by atoms with Gasteiger partial charge in [-0.05, 0) is 5.92 Å². The molecule has 0 saturated heterocycles. The normalized spacial score (nSPS) is 15.2. The van der Waals surface area contributed by atoms with Crippen LogP contribution in [0.2, 0.25) is 0 Å². The van der Waals surface area contributed by atoms with E-state index in [1.54, 1.807) is 13.8 Å². The summed E-state index contributed by atoms with van der Waals surface area (Å²) in [4.78, 5) is 21.5. The Bertz CT molecular complexity index is 205. The zero-order valence-corrected chi connectivity index (χ0v) is 7.69. The number of carbonyl (C=O) groups excluding carboxylic acids is 2. The third-order valence-electron chi connectivity index (χ3n) is 1.51. The Labute approximate surface area is 76.4 Å². The largest absolute Gasteiger partial charge is 0.436 e. The zero-order valence-electron chi connectivity index (χ0n) is 7.69. The summed E-state index contributed by atoms with van der Waals surface area (Å²) in [5.74, 6) is -1.70. The Morgan fingerprint density at radius 2 is 1.69 bits per heavy atom. The summed E-state index contributed by atoms with van der Waals surface area (Å²) in [5, 5.41) is 0. The molecule has 0 radical (unpaired) electrons. The van der Waals surface area contributed by atoms with Crippen LogP contribution in [0.4, 0.5) is 0 Å². The standard InChI is InChI=1S/C7H15N3O3/c1-3(2)4(8)7(12)13-6(10)5(9)11/h3-4,6H,8,10H2,1-2H3,(H2,9,11)/t4-,6?/m0/s1. The number of nitrogens with two attached hydrogens (primary N) is 3. The molecule has 0 fully saturated rings. The van der Waals surface area contributed by atoms with E-state index in [2.05, 4.69) is 4.74 Å². The van der Waals surface area contributed by atoms with Crippen LogP contribution in [0.1, 0.15) is 13.8 Å².